The van der Waals surface area contributed by atoms with Gasteiger partial charge in [-0.1, -0.05) is 26.7 Å². The van der Waals surface area contributed by atoms with Crippen molar-refractivity contribution in [2.75, 3.05) is 11.9 Å². The number of unbranched alkanes of at least 4 members (excludes halogenated alkanes) is 1. The molecule has 1 aromatic heterocycles. The lowest BCUT2D eigenvalue weighted by Gasteiger charge is -2.16. The number of amides is 1. The summed E-state index contributed by atoms with van der Waals surface area (Å²) in [6.07, 6.45) is 5.19. The maximum Gasteiger partial charge on any atom is 0.227 e. The second kappa shape index (κ2) is 7.52. The highest BCUT2D eigenvalue weighted by Crippen LogP contribution is 2.13. The molecule has 1 aromatic rings. The Morgan fingerprint density at radius 3 is 2.68 bits per heavy atom. The Bertz CT molecular complexity index is 445. The summed E-state index contributed by atoms with van der Waals surface area (Å²) in [5.41, 5.74) is 0.501. The molecular weight excluding hydrogens is 238 g/mol. The summed E-state index contributed by atoms with van der Waals surface area (Å²) in [5, 5.41) is 8.69. The molecule has 1 rings (SSSR count). The van der Waals surface area contributed by atoms with Crippen LogP contribution in [0.2, 0.25) is 0 Å². The van der Waals surface area contributed by atoms with Gasteiger partial charge in [-0.2, -0.15) is 5.26 Å². The number of anilines is 1. The van der Waals surface area contributed by atoms with E-state index in [1.807, 2.05) is 6.07 Å². The largest absolute Gasteiger partial charge is 0.300 e. The van der Waals surface area contributed by atoms with Gasteiger partial charge in [0.05, 0.1) is 5.56 Å². The molecule has 0 saturated heterocycles. The van der Waals surface area contributed by atoms with Gasteiger partial charge in [0.1, 0.15) is 11.9 Å². The molecule has 4 heteroatoms. The van der Waals surface area contributed by atoms with Gasteiger partial charge in [-0.15, -0.1) is 0 Å². The predicted octanol–water partition coefficient (Wildman–Crippen LogP) is 3.13. The first kappa shape index (κ1) is 15.2. The molecule has 0 radical (unpaired) electrons. The fraction of sp³-hybridized carbons (Fsp3) is 0.533. The molecular formula is C15H21N3O. The smallest absolute Gasteiger partial charge is 0.227 e. The van der Waals surface area contributed by atoms with Crippen LogP contribution in [0.1, 0.15) is 45.1 Å². The van der Waals surface area contributed by atoms with E-state index in [1.165, 1.54) is 6.20 Å². The molecule has 0 saturated carbocycles. The lowest BCUT2D eigenvalue weighted by Crippen LogP contribution is -2.26. The van der Waals surface area contributed by atoms with Gasteiger partial charge < -0.3 is 0 Å². The number of hydrogen-bond donors (Lipinski definition) is 0. The maximum atomic E-state index is 12.0. The van der Waals surface area contributed by atoms with E-state index in [9.17, 15) is 4.79 Å². The Morgan fingerprint density at radius 2 is 2.16 bits per heavy atom. The van der Waals surface area contributed by atoms with Gasteiger partial charge in [0.2, 0.25) is 5.91 Å². The van der Waals surface area contributed by atoms with Crippen molar-refractivity contribution in [2.45, 2.75) is 39.5 Å². The molecule has 0 fully saturated rings. The monoisotopic (exact) mass is 259 g/mol. The van der Waals surface area contributed by atoms with Gasteiger partial charge in [0.15, 0.2) is 0 Å². The quantitative estimate of drug-likeness (QED) is 0.737. The molecule has 0 aliphatic heterocycles. The molecule has 0 atom stereocenters. The molecule has 1 amide bonds. The number of nitriles is 1. The Balaban J connectivity index is 2.45. The summed E-state index contributed by atoms with van der Waals surface area (Å²) < 4.78 is 0. The first-order valence-corrected chi connectivity index (χ1v) is 6.67. The van der Waals surface area contributed by atoms with Crippen molar-refractivity contribution < 1.29 is 4.79 Å². The van der Waals surface area contributed by atoms with Crippen LogP contribution in [0.15, 0.2) is 18.3 Å². The normalized spacial score (nSPS) is 10.3. The first-order valence-electron chi connectivity index (χ1n) is 6.67. The number of rotatable bonds is 6. The summed E-state index contributed by atoms with van der Waals surface area (Å²) in [6.45, 7) is 4.38. The lowest BCUT2D eigenvalue weighted by molar-refractivity contribution is -0.118. The van der Waals surface area contributed by atoms with Crippen LogP contribution in [0.3, 0.4) is 0 Å². The second-order valence-electron chi connectivity index (χ2n) is 5.11. The Labute approximate surface area is 115 Å². The van der Waals surface area contributed by atoms with Crippen molar-refractivity contribution in [2.24, 2.45) is 5.92 Å². The zero-order chi connectivity index (χ0) is 14.3. The number of nitrogens with zero attached hydrogens (tertiary/aromatic N) is 3. The third-order valence-corrected chi connectivity index (χ3v) is 3.02. The maximum absolute atomic E-state index is 12.0. The van der Waals surface area contributed by atoms with E-state index < -0.39 is 0 Å². The number of pyridine rings is 1. The number of carbonyl (C=O) groups is 1. The minimum Gasteiger partial charge on any atom is -0.300 e. The van der Waals surface area contributed by atoms with Crippen LogP contribution in [-0.2, 0) is 4.79 Å². The van der Waals surface area contributed by atoms with Crippen LogP contribution in [0.4, 0.5) is 5.82 Å². The lowest BCUT2D eigenvalue weighted by atomic mass is 10.1. The van der Waals surface area contributed by atoms with E-state index in [-0.39, 0.29) is 5.91 Å². The van der Waals surface area contributed by atoms with E-state index in [0.29, 0.717) is 23.7 Å². The van der Waals surface area contributed by atoms with Crippen molar-refractivity contribution in [3.63, 3.8) is 0 Å². The molecule has 0 N–H and O–H groups in total. The fourth-order valence-electron chi connectivity index (χ4n) is 1.77. The standard InChI is InChI=1S/C15H21N3O/c1-12(2)6-4-5-7-15(19)18(3)14-9-8-13(10-16)11-17-14/h8-9,11-12H,4-7H2,1-3H3. The minimum absolute atomic E-state index is 0.0703. The zero-order valence-electron chi connectivity index (χ0n) is 11.9. The fourth-order valence-corrected chi connectivity index (χ4v) is 1.77. The molecule has 0 unspecified atom stereocenters. The van der Waals surface area contributed by atoms with Crippen LogP contribution in [-0.4, -0.2) is 17.9 Å². The van der Waals surface area contributed by atoms with Gasteiger partial charge >= 0.3 is 0 Å². The molecule has 0 aliphatic rings. The SMILES string of the molecule is CC(C)CCCCC(=O)N(C)c1ccc(C#N)cn1. The average molecular weight is 259 g/mol. The molecule has 1 heterocycles. The number of carbonyl (C=O) groups excluding carboxylic acids is 1. The predicted molar refractivity (Wildman–Crippen MR) is 75.7 cm³/mol. The zero-order valence-corrected chi connectivity index (χ0v) is 11.9. The van der Waals surface area contributed by atoms with E-state index in [2.05, 4.69) is 18.8 Å². The van der Waals surface area contributed by atoms with Gasteiger partial charge in [-0.3, -0.25) is 9.69 Å². The van der Waals surface area contributed by atoms with Crippen molar-refractivity contribution in [3.05, 3.63) is 23.9 Å². The van der Waals surface area contributed by atoms with Crippen molar-refractivity contribution in [1.82, 2.24) is 4.98 Å². The Kier molecular flexibility index (Phi) is 6.01. The van der Waals surface area contributed by atoms with E-state index in [0.717, 1.165) is 19.3 Å². The van der Waals surface area contributed by atoms with Crippen LogP contribution >= 0.6 is 0 Å². The molecule has 0 bridgehead atoms. The van der Waals surface area contributed by atoms with Crippen molar-refractivity contribution in [1.29, 1.82) is 5.26 Å². The van der Waals surface area contributed by atoms with Gasteiger partial charge in [-0.05, 0) is 24.5 Å². The summed E-state index contributed by atoms with van der Waals surface area (Å²) >= 11 is 0. The van der Waals surface area contributed by atoms with Crippen molar-refractivity contribution in [3.8, 4) is 6.07 Å². The molecule has 19 heavy (non-hydrogen) atoms. The van der Waals surface area contributed by atoms with Gasteiger partial charge in [0.25, 0.3) is 0 Å². The second-order valence-corrected chi connectivity index (χ2v) is 5.11. The summed E-state index contributed by atoms with van der Waals surface area (Å²) in [6, 6.07) is 5.38. The molecule has 0 spiro atoms. The summed E-state index contributed by atoms with van der Waals surface area (Å²) in [4.78, 5) is 17.6. The third kappa shape index (κ3) is 5.09. The molecule has 0 aliphatic carbocycles. The highest BCUT2D eigenvalue weighted by Gasteiger charge is 2.11. The van der Waals surface area contributed by atoms with Crippen LogP contribution < -0.4 is 4.90 Å². The minimum atomic E-state index is 0.0703. The van der Waals surface area contributed by atoms with E-state index >= 15 is 0 Å². The van der Waals surface area contributed by atoms with Gasteiger partial charge in [-0.25, -0.2) is 4.98 Å². The molecule has 4 nitrogen and oxygen atoms in total. The summed E-state index contributed by atoms with van der Waals surface area (Å²) in [5.74, 6) is 1.35. The van der Waals surface area contributed by atoms with Crippen LogP contribution in [0.5, 0.6) is 0 Å². The highest BCUT2D eigenvalue weighted by molar-refractivity contribution is 5.91. The van der Waals surface area contributed by atoms with E-state index in [1.54, 1.807) is 24.1 Å². The number of aromatic nitrogens is 1. The van der Waals surface area contributed by atoms with E-state index in [4.69, 9.17) is 5.26 Å². The van der Waals surface area contributed by atoms with Crippen molar-refractivity contribution >= 4 is 11.7 Å². The third-order valence-electron chi connectivity index (χ3n) is 3.02. The highest BCUT2D eigenvalue weighted by atomic mass is 16.2. The van der Waals surface area contributed by atoms with Gasteiger partial charge in [0, 0.05) is 19.7 Å². The number of hydrogen-bond acceptors (Lipinski definition) is 3. The average Bonchev–Trinajstić information content (AvgIpc) is 2.42. The first-order chi connectivity index (χ1) is 9.04. The molecule has 0 aromatic carbocycles. The summed E-state index contributed by atoms with van der Waals surface area (Å²) in [7, 11) is 1.72. The van der Waals surface area contributed by atoms with Crippen LogP contribution in [0, 0.1) is 17.2 Å². The Morgan fingerprint density at radius 1 is 1.42 bits per heavy atom. The molecule has 102 valence electrons. The Hall–Kier alpha value is -1.89. The van der Waals surface area contributed by atoms with Crippen LogP contribution in [0.25, 0.3) is 0 Å². The topological polar surface area (TPSA) is 57.0 Å².